The van der Waals surface area contributed by atoms with Gasteiger partial charge in [0.05, 0.1) is 0 Å². The van der Waals surface area contributed by atoms with Gasteiger partial charge in [0, 0.05) is 26.3 Å². The normalized spacial score (nSPS) is 11.3. The van der Waals surface area contributed by atoms with Gasteiger partial charge in [-0.3, -0.25) is 0 Å². The second-order valence-corrected chi connectivity index (χ2v) is 5.19. The predicted molar refractivity (Wildman–Crippen MR) is 68.9 cm³/mol. The Morgan fingerprint density at radius 2 is 2.06 bits per heavy atom. The van der Waals surface area contributed by atoms with E-state index in [1.807, 2.05) is 13.0 Å². The lowest BCUT2D eigenvalue weighted by molar-refractivity contribution is 0.418. The summed E-state index contributed by atoms with van der Waals surface area (Å²) < 4.78 is 0. The van der Waals surface area contributed by atoms with Crippen LogP contribution in [0.1, 0.15) is 27.7 Å². The van der Waals surface area contributed by atoms with Crippen molar-refractivity contribution < 1.29 is 0 Å². The van der Waals surface area contributed by atoms with Gasteiger partial charge >= 0.3 is 0 Å². The van der Waals surface area contributed by atoms with Crippen LogP contribution in [0.2, 0.25) is 0 Å². The van der Waals surface area contributed by atoms with Crippen LogP contribution in [0.3, 0.4) is 0 Å². The molecular formula is C12H22N4. The zero-order valence-electron chi connectivity index (χ0n) is 10.9. The molecule has 16 heavy (non-hydrogen) atoms. The predicted octanol–water partition coefficient (Wildman–Crippen LogP) is 2.39. The Balaban J connectivity index is 2.75. The third-order valence-electron chi connectivity index (χ3n) is 2.08. The molecule has 0 radical (unpaired) electrons. The van der Waals surface area contributed by atoms with Crippen molar-refractivity contribution in [3.63, 3.8) is 0 Å². The summed E-state index contributed by atoms with van der Waals surface area (Å²) in [5, 5.41) is 3.12. The molecule has 1 rings (SSSR count). The molecule has 0 unspecified atom stereocenters. The summed E-state index contributed by atoms with van der Waals surface area (Å²) in [6.45, 7) is 10.5. The van der Waals surface area contributed by atoms with E-state index >= 15 is 0 Å². The van der Waals surface area contributed by atoms with Gasteiger partial charge in [0.25, 0.3) is 0 Å². The van der Waals surface area contributed by atoms with Crippen LogP contribution in [-0.4, -0.2) is 30.1 Å². The van der Waals surface area contributed by atoms with Crippen LogP contribution in [0.5, 0.6) is 0 Å². The second kappa shape index (κ2) is 5.14. The zero-order chi connectivity index (χ0) is 12.2. The number of aromatic nitrogens is 2. The molecule has 0 aromatic carbocycles. The average molecular weight is 222 g/mol. The van der Waals surface area contributed by atoms with Gasteiger partial charge in [-0.25, -0.2) is 4.98 Å². The average Bonchev–Trinajstić information content (AvgIpc) is 2.16. The standard InChI is InChI=1S/C12H22N4/c1-6-13-11-14-8-7-10(15-11)16(5)9-12(2,3)4/h7-8H,6,9H2,1-5H3,(H,13,14,15). The van der Waals surface area contributed by atoms with E-state index in [0.717, 1.165) is 18.9 Å². The molecule has 0 amide bonds. The van der Waals surface area contributed by atoms with E-state index in [1.54, 1.807) is 6.20 Å². The topological polar surface area (TPSA) is 41.1 Å². The molecule has 4 heteroatoms. The van der Waals surface area contributed by atoms with Gasteiger partial charge in [-0.1, -0.05) is 20.8 Å². The van der Waals surface area contributed by atoms with Crippen molar-refractivity contribution in [2.75, 3.05) is 30.4 Å². The summed E-state index contributed by atoms with van der Waals surface area (Å²) >= 11 is 0. The highest BCUT2D eigenvalue weighted by Crippen LogP contribution is 2.18. The smallest absolute Gasteiger partial charge is 0.224 e. The van der Waals surface area contributed by atoms with E-state index in [4.69, 9.17) is 0 Å². The zero-order valence-corrected chi connectivity index (χ0v) is 10.9. The number of hydrogen-bond donors (Lipinski definition) is 1. The fraction of sp³-hybridized carbons (Fsp3) is 0.667. The van der Waals surface area contributed by atoms with E-state index in [9.17, 15) is 0 Å². The summed E-state index contributed by atoms with van der Waals surface area (Å²) in [5.41, 5.74) is 0.262. The van der Waals surface area contributed by atoms with E-state index in [0.29, 0.717) is 5.95 Å². The molecule has 1 heterocycles. The quantitative estimate of drug-likeness (QED) is 0.849. The number of nitrogens with zero attached hydrogens (tertiary/aromatic N) is 3. The largest absolute Gasteiger partial charge is 0.359 e. The van der Waals surface area contributed by atoms with Crippen molar-refractivity contribution in [3.8, 4) is 0 Å². The lowest BCUT2D eigenvalue weighted by Crippen LogP contribution is -2.29. The molecule has 0 atom stereocenters. The third-order valence-corrected chi connectivity index (χ3v) is 2.08. The van der Waals surface area contributed by atoms with Crippen molar-refractivity contribution in [1.82, 2.24) is 9.97 Å². The van der Waals surface area contributed by atoms with Crippen molar-refractivity contribution in [3.05, 3.63) is 12.3 Å². The first-order valence-electron chi connectivity index (χ1n) is 5.70. The summed E-state index contributed by atoms with van der Waals surface area (Å²) in [4.78, 5) is 10.8. The Kier molecular flexibility index (Phi) is 4.10. The first kappa shape index (κ1) is 12.7. The molecule has 1 N–H and O–H groups in total. The number of nitrogens with one attached hydrogen (secondary N) is 1. The van der Waals surface area contributed by atoms with Crippen LogP contribution in [0.4, 0.5) is 11.8 Å². The van der Waals surface area contributed by atoms with Gasteiger partial charge in [-0.2, -0.15) is 4.98 Å². The minimum atomic E-state index is 0.262. The monoisotopic (exact) mass is 222 g/mol. The Bertz CT molecular complexity index is 330. The minimum Gasteiger partial charge on any atom is -0.359 e. The molecule has 0 saturated carbocycles. The first-order chi connectivity index (χ1) is 7.42. The minimum absolute atomic E-state index is 0.262. The Morgan fingerprint density at radius 1 is 1.38 bits per heavy atom. The fourth-order valence-corrected chi connectivity index (χ4v) is 1.60. The maximum Gasteiger partial charge on any atom is 0.224 e. The van der Waals surface area contributed by atoms with Crippen LogP contribution in [-0.2, 0) is 0 Å². The Labute approximate surface area is 98.1 Å². The molecule has 0 aliphatic heterocycles. The maximum atomic E-state index is 4.45. The molecule has 1 aromatic rings. The number of anilines is 2. The highest BCUT2D eigenvalue weighted by molar-refractivity contribution is 5.41. The van der Waals surface area contributed by atoms with Crippen LogP contribution >= 0.6 is 0 Å². The fourth-order valence-electron chi connectivity index (χ4n) is 1.60. The van der Waals surface area contributed by atoms with E-state index in [1.165, 1.54) is 0 Å². The molecule has 0 aliphatic carbocycles. The molecule has 0 saturated heterocycles. The van der Waals surface area contributed by atoms with E-state index in [2.05, 4.69) is 48.0 Å². The lowest BCUT2D eigenvalue weighted by Gasteiger charge is -2.27. The number of rotatable bonds is 4. The molecule has 90 valence electrons. The molecule has 0 spiro atoms. The summed E-state index contributed by atoms with van der Waals surface area (Å²) in [5.74, 6) is 1.65. The van der Waals surface area contributed by atoms with Crippen molar-refractivity contribution in [2.45, 2.75) is 27.7 Å². The van der Waals surface area contributed by atoms with Crippen molar-refractivity contribution >= 4 is 11.8 Å². The van der Waals surface area contributed by atoms with Crippen LogP contribution in [0.25, 0.3) is 0 Å². The first-order valence-corrected chi connectivity index (χ1v) is 5.70. The van der Waals surface area contributed by atoms with Crippen molar-refractivity contribution in [2.24, 2.45) is 5.41 Å². The van der Waals surface area contributed by atoms with Crippen LogP contribution in [0.15, 0.2) is 12.3 Å². The van der Waals surface area contributed by atoms with E-state index in [-0.39, 0.29) is 5.41 Å². The van der Waals surface area contributed by atoms with Crippen molar-refractivity contribution in [1.29, 1.82) is 0 Å². The highest BCUT2D eigenvalue weighted by Gasteiger charge is 2.14. The molecule has 4 nitrogen and oxygen atoms in total. The van der Waals surface area contributed by atoms with Gasteiger partial charge in [0.1, 0.15) is 5.82 Å². The third kappa shape index (κ3) is 4.04. The maximum absolute atomic E-state index is 4.45. The van der Waals surface area contributed by atoms with Crippen LogP contribution < -0.4 is 10.2 Å². The molecule has 1 aromatic heterocycles. The summed E-state index contributed by atoms with van der Waals surface area (Å²) in [6, 6.07) is 1.94. The molecule has 0 bridgehead atoms. The molecule has 0 aliphatic rings. The SMILES string of the molecule is CCNc1nccc(N(C)CC(C)(C)C)n1. The van der Waals surface area contributed by atoms with Gasteiger partial charge in [0.2, 0.25) is 5.95 Å². The van der Waals surface area contributed by atoms with Gasteiger partial charge in [-0.05, 0) is 18.4 Å². The van der Waals surface area contributed by atoms with Gasteiger partial charge in [-0.15, -0.1) is 0 Å². The van der Waals surface area contributed by atoms with Gasteiger partial charge in [0.15, 0.2) is 0 Å². The Hall–Kier alpha value is -1.32. The molecular weight excluding hydrogens is 200 g/mol. The lowest BCUT2D eigenvalue weighted by atomic mass is 9.96. The van der Waals surface area contributed by atoms with Crippen LogP contribution in [0, 0.1) is 5.41 Å². The van der Waals surface area contributed by atoms with Gasteiger partial charge < -0.3 is 10.2 Å². The highest BCUT2D eigenvalue weighted by atomic mass is 15.2. The summed E-state index contributed by atoms with van der Waals surface area (Å²) in [7, 11) is 2.06. The van der Waals surface area contributed by atoms with E-state index < -0.39 is 0 Å². The Morgan fingerprint density at radius 3 is 2.62 bits per heavy atom. The summed E-state index contributed by atoms with van der Waals surface area (Å²) in [6.07, 6.45) is 1.79. The molecule has 0 fully saturated rings. The number of hydrogen-bond acceptors (Lipinski definition) is 4. The second-order valence-electron chi connectivity index (χ2n) is 5.19.